The number of phenols is 2. The van der Waals surface area contributed by atoms with Gasteiger partial charge in [0.15, 0.2) is 0 Å². The number of ether oxygens (including phenoxy) is 2. The lowest BCUT2D eigenvalue weighted by Crippen LogP contribution is -2.35. The Morgan fingerprint density at radius 1 is 0.426 bits per heavy atom. The van der Waals surface area contributed by atoms with Gasteiger partial charge in [-0.25, -0.2) is 9.59 Å². The molecule has 0 aromatic heterocycles. The molecule has 10 rings (SSSR count). The van der Waals surface area contributed by atoms with E-state index in [9.17, 15) is 88.8 Å². The van der Waals surface area contributed by atoms with Crippen LogP contribution in [0.15, 0.2) is 140 Å². The summed E-state index contributed by atoms with van der Waals surface area (Å²) < 4.78 is 23.9. The quantitative estimate of drug-likeness (QED) is 0.0210. The van der Waals surface area contributed by atoms with E-state index < -0.39 is 121 Å². The Morgan fingerprint density at radius 3 is 1.13 bits per heavy atom. The van der Waals surface area contributed by atoms with E-state index in [1.54, 1.807) is 0 Å². The van der Waals surface area contributed by atoms with Crippen LogP contribution in [-0.2, 0) is 19.2 Å². The van der Waals surface area contributed by atoms with Gasteiger partial charge in [0.05, 0.1) is 42.6 Å². The van der Waals surface area contributed by atoms with Gasteiger partial charge in [0.1, 0.15) is 85.1 Å². The highest BCUT2D eigenvalue weighted by Gasteiger charge is 2.29. The van der Waals surface area contributed by atoms with Gasteiger partial charge in [-0.2, -0.15) is 0 Å². The van der Waals surface area contributed by atoms with Crippen molar-refractivity contribution in [3.8, 4) is 67.9 Å². The summed E-state index contributed by atoms with van der Waals surface area (Å²) in [7, 11) is 0. The number of carboxylic acid groups (broad SMARTS) is 6. The second-order valence-corrected chi connectivity index (χ2v) is 22.1. The van der Waals surface area contributed by atoms with Crippen molar-refractivity contribution in [2.45, 2.75) is 0 Å². The highest BCUT2D eigenvalue weighted by atomic mass is 35.5. The average Bonchev–Trinajstić information content (AvgIpc) is 0.748. The van der Waals surface area contributed by atoms with Crippen LogP contribution < -0.4 is 40.8 Å². The standard InChI is InChI=1S/C64H42Cl4N4O22/c65-39-15-35-49(19-45(39)73)93-50-20-46(74)40(66)16-36(50)59(35)31-5-1-27(11-33(31)63(87)88)61(85)69-29-3-7-43(71(23-55(77)78)24-56(79)80)53(13-29)91-9-10-92-54-14-30(4-8-44(54)72(25-57(81)82)26-58(83)84)70-62(86)28-2-6-32(34(12-28)64(89)90)60-37-17-41(67)47(75)21-51(37)94-52-22-48(76)42(68)18-38(52)60/h1-8,11-22,73,75H,9-10,23-26H2,(H,69,85)(H,70,86)(H,77,78)(H,79,80)(H,81,82)(H,83,84)(H,87,88)(H,89,90). The molecular formula is C64H42Cl4N4O22. The molecule has 2 aliphatic carbocycles. The highest BCUT2D eigenvalue weighted by molar-refractivity contribution is 6.34. The van der Waals surface area contributed by atoms with Crippen molar-refractivity contribution >= 4 is 139 Å². The third-order valence-corrected chi connectivity index (χ3v) is 15.5. The Bertz CT molecular complexity index is 4600. The number of phenolic OH excluding ortho intramolecular Hbond substituents is 2. The number of anilines is 4. The third kappa shape index (κ3) is 13.8. The smallest absolute Gasteiger partial charge is 0.336 e. The van der Waals surface area contributed by atoms with Crippen molar-refractivity contribution < 1.29 is 97.5 Å². The SMILES string of the molecule is O=C(O)CN(CC(=O)O)c1ccc(NC(=O)c2ccc(-c3c4cc(Cl)c(=O)cc-4oc4cc(O)c(Cl)cc34)c(C(=O)O)c2)cc1OCCOc1cc(NC(=O)c2ccc(-c3c4cc(Cl)c(=O)cc-4oc4cc(O)c(Cl)cc34)c(C(=O)O)c2)ccc1N(CC(=O)O)CC(=O)O. The molecule has 0 fully saturated rings. The average molecular weight is 1360 g/mol. The van der Waals surface area contributed by atoms with E-state index in [-0.39, 0.29) is 132 Å². The molecule has 30 heteroatoms. The molecule has 0 saturated carbocycles. The number of halogens is 4. The van der Waals surface area contributed by atoms with E-state index in [4.69, 9.17) is 64.7 Å². The molecule has 94 heavy (non-hydrogen) atoms. The van der Waals surface area contributed by atoms with Crippen molar-refractivity contribution in [2.24, 2.45) is 0 Å². The zero-order valence-electron chi connectivity index (χ0n) is 47.5. The normalized spacial score (nSPS) is 11.1. The lowest BCUT2D eigenvalue weighted by atomic mass is 9.89. The largest absolute Gasteiger partial charge is 0.506 e. The van der Waals surface area contributed by atoms with Gasteiger partial charge >= 0.3 is 35.8 Å². The van der Waals surface area contributed by atoms with Crippen LogP contribution in [0.5, 0.6) is 23.0 Å². The van der Waals surface area contributed by atoms with E-state index in [1.165, 1.54) is 97.1 Å². The van der Waals surface area contributed by atoms with Crippen molar-refractivity contribution in [1.82, 2.24) is 0 Å². The van der Waals surface area contributed by atoms with E-state index in [0.717, 1.165) is 34.1 Å². The molecule has 2 amide bonds. The first-order valence-electron chi connectivity index (χ1n) is 27.1. The zero-order valence-corrected chi connectivity index (χ0v) is 50.5. The Balaban J connectivity index is 0.947. The Morgan fingerprint density at radius 2 is 0.787 bits per heavy atom. The first-order valence-corrected chi connectivity index (χ1v) is 28.6. The predicted molar refractivity (Wildman–Crippen MR) is 341 cm³/mol. The van der Waals surface area contributed by atoms with Crippen LogP contribution in [0.1, 0.15) is 41.4 Å². The van der Waals surface area contributed by atoms with E-state index in [0.29, 0.717) is 0 Å². The van der Waals surface area contributed by atoms with Gasteiger partial charge < -0.3 is 79.6 Å². The molecule has 0 spiro atoms. The molecule has 0 bridgehead atoms. The number of carbonyl (C=O) groups is 8. The van der Waals surface area contributed by atoms with Crippen LogP contribution >= 0.6 is 46.4 Å². The van der Waals surface area contributed by atoms with Gasteiger partial charge in [-0.15, -0.1) is 0 Å². The first kappa shape index (κ1) is 65.4. The number of benzene rings is 8. The number of aromatic carboxylic acids is 2. The van der Waals surface area contributed by atoms with Crippen molar-refractivity contribution in [3.05, 3.63) is 184 Å². The molecular weight excluding hydrogens is 1320 g/mol. The van der Waals surface area contributed by atoms with Gasteiger partial charge in [0, 0.05) is 91.9 Å². The number of hydrogen-bond acceptors (Lipinski definition) is 18. The van der Waals surface area contributed by atoms with Crippen LogP contribution in [-0.4, -0.2) is 128 Å². The van der Waals surface area contributed by atoms with Crippen molar-refractivity contribution in [2.75, 3.05) is 59.8 Å². The van der Waals surface area contributed by atoms with Crippen LogP contribution in [0.3, 0.4) is 0 Å². The molecule has 2 heterocycles. The van der Waals surface area contributed by atoms with Gasteiger partial charge in [0.25, 0.3) is 11.8 Å². The summed E-state index contributed by atoms with van der Waals surface area (Å²) in [5, 5.41) is 86.1. The number of hydrogen-bond donors (Lipinski definition) is 10. The molecule has 26 nitrogen and oxygen atoms in total. The summed E-state index contributed by atoms with van der Waals surface area (Å²) in [6.07, 6.45) is 0. The molecule has 0 atom stereocenters. The Kier molecular flexibility index (Phi) is 18.6. The fourth-order valence-corrected chi connectivity index (χ4v) is 10.9. The predicted octanol–water partition coefficient (Wildman–Crippen LogP) is 10.8. The molecule has 4 aliphatic rings. The lowest BCUT2D eigenvalue weighted by molar-refractivity contribution is -0.138. The summed E-state index contributed by atoms with van der Waals surface area (Å²) in [6, 6.07) is 24.2. The summed E-state index contributed by atoms with van der Waals surface area (Å²) in [4.78, 5) is 130. The van der Waals surface area contributed by atoms with Gasteiger partial charge in [-0.05, 0) is 83.9 Å². The molecule has 10 N–H and O–H groups in total. The third-order valence-electron chi connectivity index (χ3n) is 14.3. The Labute approximate surface area is 545 Å². The second kappa shape index (κ2) is 26.7. The maximum atomic E-state index is 14.1. The minimum atomic E-state index is -1.52. The van der Waals surface area contributed by atoms with Crippen LogP contribution in [0.4, 0.5) is 22.7 Å². The molecule has 6 aromatic carbocycles. The summed E-state index contributed by atoms with van der Waals surface area (Å²) in [5.74, 6) is -12.1. The number of fused-ring (bicyclic) bond motifs is 4. The lowest BCUT2D eigenvalue weighted by Gasteiger charge is -2.25. The molecule has 0 radical (unpaired) electrons. The maximum absolute atomic E-state index is 14.1. The van der Waals surface area contributed by atoms with Crippen LogP contribution in [0, 0.1) is 0 Å². The molecule has 478 valence electrons. The number of amides is 2. The second-order valence-electron chi connectivity index (χ2n) is 20.5. The number of aromatic hydroxyl groups is 2. The number of nitrogens with zero attached hydrogens (tertiary/aromatic N) is 2. The fraction of sp³-hybridized carbons (Fsp3) is 0.0938. The number of nitrogens with one attached hydrogen (secondary N) is 2. The van der Waals surface area contributed by atoms with Crippen molar-refractivity contribution in [1.29, 1.82) is 0 Å². The number of carboxylic acids is 6. The number of aliphatic carboxylic acids is 4. The maximum Gasteiger partial charge on any atom is 0.336 e. The Hall–Kier alpha value is -11.6. The van der Waals surface area contributed by atoms with E-state index >= 15 is 0 Å². The molecule has 0 unspecified atom stereocenters. The van der Waals surface area contributed by atoms with Gasteiger partial charge in [-0.1, -0.05) is 58.5 Å². The van der Waals surface area contributed by atoms with Crippen LogP contribution in [0.2, 0.25) is 20.1 Å². The van der Waals surface area contributed by atoms with E-state index in [2.05, 4.69) is 10.6 Å². The number of carbonyl (C=O) groups excluding carboxylic acids is 2. The molecule has 2 aliphatic heterocycles. The molecule has 6 aromatic rings. The summed E-state index contributed by atoms with van der Waals surface area (Å²) in [6.45, 7) is -4.62. The van der Waals surface area contributed by atoms with E-state index in [1.807, 2.05) is 0 Å². The van der Waals surface area contributed by atoms with Crippen LogP contribution in [0.25, 0.3) is 66.8 Å². The minimum Gasteiger partial charge on any atom is -0.506 e. The number of rotatable bonds is 23. The monoisotopic (exact) mass is 1360 g/mol. The van der Waals surface area contributed by atoms with Gasteiger partial charge in [-0.3, -0.25) is 38.4 Å². The fourth-order valence-electron chi connectivity index (χ4n) is 10.3. The van der Waals surface area contributed by atoms with Gasteiger partial charge in [0.2, 0.25) is 10.9 Å². The first-order chi connectivity index (χ1) is 44.6. The molecule has 0 saturated heterocycles. The minimum absolute atomic E-state index is 0.000847. The summed E-state index contributed by atoms with van der Waals surface area (Å²) in [5.41, 5.74) is -2.38. The summed E-state index contributed by atoms with van der Waals surface area (Å²) >= 11 is 25.1. The highest BCUT2D eigenvalue weighted by Crippen LogP contribution is 2.47. The zero-order chi connectivity index (χ0) is 67.7. The van der Waals surface area contributed by atoms with Crippen molar-refractivity contribution in [3.63, 3.8) is 0 Å². The topological polar surface area (TPSA) is 408 Å².